The molecule has 0 heterocycles. The molecule has 1 amide bonds. The molecule has 0 aliphatic carbocycles. The average molecular weight is 365 g/mol. The molecule has 0 aliphatic heterocycles. The van der Waals surface area contributed by atoms with Gasteiger partial charge >= 0.3 is 5.97 Å². The molecule has 26 heavy (non-hydrogen) atoms. The zero-order valence-corrected chi connectivity index (χ0v) is 13.4. The van der Waals surface area contributed by atoms with Gasteiger partial charge in [-0.05, 0) is 36.4 Å². The molecule has 0 atom stereocenters. The van der Waals surface area contributed by atoms with Crippen LogP contribution in [0.4, 0.5) is 18.9 Å². The van der Waals surface area contributed by atoms with Crippen molar-refractivity contribution >= 4 is 23.3 Å². The second kappa shape index (κ2) is 8.80. The number of carbonyl (C=O) groups is 3. The molecule has 0 unspecified atom stereocenters. The number of amides is 1. The van der Waals surface area contributed by atoms with Crippen LogP contribution in [-0.2, 0) is 14.3 Å². The Morgan fingerprint density at radius 1 is 0.885 bits per heavy atom. The minimum atomic E-state index is -0.963. The van der Waals surface area contributed by atoms with Crippen LogP contribution in [0, 0.1) is 17.5 Å². The number of esters is 1. The van der Waals surface area contributed by atoms with Gasteiger partial charge in [0.15, 0.2) is 12.4 Å². The number of hydrogen-bond acceptors (Lipinski definition) is 4. The van der Waals surface area contributed by atoms with Gasteiger partial charge in [0.05, 0.1) is 6.42 Å². The smallest absolute Gasteiger partial charge is 0.306 e. The van der Waals surface area contributed by atoms with Gasteiger partial charge in [0.1, 0.15) is 23.1 Å². The van der Waals surface area contributed by atoms with Gasteiger partial charge in [-0.2, -0.15) is 0 Å². The predicted octanol–water partition coefficient (Wildman–Crippen LogP) is 3.25. The summed E-state index contributed by atoms with van der Waals surface area (Å²) in [5, 5.41) is 1.96. The van der Waals surface area contributed by atoms with Crippen molar-refractivity contribution in [3.8, 4) is 0 Å². The molecule has 0 bridgehead atoms. The maximum absolute atomic E-state index is 13.4. The van der Waals surface area contributed by atoms with Crippen LogP contribution in [0.2, 0.25) is 0 Å². The minimum Gasteiger partial charge on any atom is -0.456 e. The van der Waals surface area contributed by atoms with Gasteiger partial charge < -0.3 is 10.1 Å². The summed E-state index contributed by atoms with van der Waals surface area (Å²) in [7, 11) is 0. The Labute approximate surface area is 146 Å². The summed E-state index contributed by atoms with van der Waals surface area (Å²) in [6.07, 6.45) is -0.481. The summed E-state index contributed by atoms with van der Waals surface area (Å²) in [4.78, 5) is 35.0. The van der Waals surface area contributed by atoms with Crippen LogP contribution in [-0.4, -0.2) is 24.3 Å². The number of Topliss-reactive ketones (excluding diaryl/α,β-unsaturated/α-hetero) is 1. The summed E-state index contributed by atoms with van der Waals surface area (Å²) >= 11 is 0. The molecule has 2 rings (SSSR count). The lowest BCUT2D eigenvalue weighted by Crippen LogP contribution is -2.22. The van der Waals surface area contributed by atoms with Crippen molar-refractivity contribution in [2.75, 3.05) is 11.9 Å². The Morgan fingerprint density at radius 3 is 2.12 bits per heavy atom. The molecule has 0 saturated heterocycles. The van der Waals surface area contributed by atoms with Crippen LogP contribution in [0.25, 0.3) is 0 Å². The number of hydrogen-bond donors (Lipinski definition) is 1. The van der Waals surface area contributed by atoms with Crippen LogP contribution in [0.3, 0.4) is 0 Å². The highest BCUT2D eigenvalue weighted by Crippen LogP contribution is 2.17. The van der Waals surface area contributed by atoms with Gasteiger partial charge in [0, 0.05) is 12.0 Å². The fraction of sp³-hybridized carbons (Fsp3) is 0.167. The Morgan fingerprint density at radius 2 is 1.50 bits per heavy atom. The van der Waals surface area contributed by atoms with Crippen molar-refractivity contribution in [1.82, 2.24) is 0 Å². The SMILES string of the molecule is O=C(COC(=O)CCC(=O)c1ccc(F)cc1)Nc1c(F)cccc1F. The molecule has 5 nitrogen and oxygen atoms in total. The predicted molar refractivity (Wildman–Crippen MR) is 85.9 cm³/mol. The number of ketones is 1. The van der Waals surface area contributed by atoms with Gasteiger partial charge in [-0.1, -0.05) is 6.07 Å². The lowest BCUT2D eigenvalue weighted by atomic mass is 10.1. The third-order valence-electron chi connectivity index (χ3n) is 3.31. The highest BCUT2D eigenvalue weighted by molar-refractivity contribution is 5.98. The molecule has 2 aromatic rings. The Kier molecular flexibility index (Phi) is 6.48. The lowest BCUT2D eigenvalue weighted by Gasteiger charge is -2.08. The van der Waals surface area contributed by atoms with Gasteiger partial charge in [0.2, 0.25) is 0 Å². The summed E-state index contributed by atoms with van der Waals surface area (Å²) in [5.74, 6) is -4.56. The first-order chi connectivity index (χ1) is 12.4. The van der Waals surface area contributed by atoms with Crippen LogP contribution >= 0.6 is 0 Å². The van der Waals surface area contributed by atoms with E-state index in [-0.39, 0.29) is 24.2 Å². The molecule has 0 aliphatic rings. The highest BCUT2D eigenvalue weighted by Gasteiger charge is 2.15. The van der Waals surface area contributed by atoms with Gasteiger partial charge in [-0.3, -0.25) is 14.4 Å². The molecule has 0 saturated carbocycles. The zero-order valence-electron chi connectivity index (χ0n) is 13.4. The Bertz CT molecular complexity index is 801. The maximum atomic E-state index is 13.4. The van der Waals surface area contributed by atoms with E-state index in [2.05, 4.69) is 4.74 Å². The van der Waals surface area contributed by atoms with Crippen LogP contribution in [0.15, 0.2) is 42.5 Å². The molecule has 0 radical (unpaired) electrons. The summed E-state index contributed by atoms with van der Waals surface area (Å²) in [6, 6.07) is 7.89. The molecular formula is C18H14F3NO4. The molecule has 0 fully saturated rings. The third-order valence-corrected chi connectivity index (χ3v) is 3.31. The van der Waals surface area contributed by atoms with E-state index < -0.39 is 41.6 Å². The Balaban J connectivity index is 1.77. The second-order valence-corrected chi connectivity index (χ2v) is 5.24. The number of carbonyl (C=O) groups excluding carboxylic acids is 3. The van der Waals surface area contributed by atoms with Crippen molar-refractivity contribution in [2.24, 2.45) is 0 Å². The first kappa shape index (κ1) is 19.2. The molecule has 2 aromatic carbocycles. The number of nitrogens with one attached hydrogen (secondary N) is 1. The highest BCUT2D eigenvalue weighted by atomic mass is 19.1. The second-order valence-electron chi connectivity index (χ2n) is 5.24. The van der Waals surface area contributed by atoms with Crippen molar-refractivity contribution in [2.45, 2.75) is 12.8 Å². The molecule has 1 N–H and O–H groups in total. The standard InChI is InChI=1S/C18H14F3NO4/c19-12-6-4-11(5-7-12)15(23)8-9-17(25)26-10-16(24)22-18-13(20)2-1-3-14(18)21/h1-7H,8-10H2,(H,22,24). The van der Waals surface area contributed by atoms with Crippen LogP contribution in [0.1, 0.15) is 23.2 Å². The topological polar surface area (TPSA) is 72.5 Å². The quantitative estimate of drug-likeness (QED) is 0.604. The van der Waals surface area contributed by atoms with Gasteiger partial charge in [0.25, 0.3) is 5.91 Å². The molecular weight excluding hydrogens is 351 g/mol. The molecule has 8 heteroatoms. The monoisotopic (exact) mass is 365 g/mol. The van der Waals surface area contributed by atoms with E-state index in [1.807, 2.05) is 5.32 Å². The van der Waals surface area contributed by atoms with Crippen molar-refractivity contribution in [3.05, 3.63) is 65.5 Å². The number of halogens is 3. The average Bonchev–Trinajstić information content (AvgIpc) is 2.61. The van der Waals surface area contributed by atoms with Gasteiger partial charge in [-0.25, -0.2) is 13.2 Å². The van der Waals surface area contributed by atoms with Gasteiger partial charge in [-0.15, -0.1) is 0 Å². The number of rotatable bonds is 7. The molecule has 0 aromatic heterocycles. The molecule has 0 spiro atoms. The van der Waals surface area contributed by atoms with E-state index in [1.54, 1.807) is 0 Å². The minimum absolute atomic E-state index is 0.186. The number of anilines is 1. The molecule has 136 valence electrons. The van der Waals surface area contributed by atoms with Crippen LogP contribution < -0.4 is 5.32 Å². The van der Waals surface area contributed by atoms with E-state index in [9.17, 15) is 27.6 Å². The third kappa shape index (κ3) is 5.44. The van der Waals surface area contributed by atoms with E-state index >= 15 is 0 Å². The fourth-order valence-corrected chi connectivity index (χ4v) is 2.01. The zero-order chi connectivity index (χ0) is 19.1. The van der Waals surface area contributed by atoms with E-state index in [4.69, 9.17) is 0 Å². The van der Waals surface area contributed by atoms with Crippen molar-refractivity contribution in [3.63, 3.8) is 0 Å². The van der Waals surface area contributed by atoms with E-state index in [0.29, 0.717) is 0 Å². The number of benzene rings is 2. The maximum Gasteiger partial charge on any atom is 0.306 e. The van der Waals surface area contributed by atoms with Crippen molar-refractivity contribution in [1.29, 1.82) is 0 Å². The normalized spacial score (nSPS) is 10.3. The number of ether oxygens (including phenoxy) is 1. The number of para-hydroxylation sites is 1. The van der Waals surface area contributed by atoms with E-state index in [1.165, 1.54) is 12.1 Å². The summed E-state index contributed by atoms with van der Waals surface area (Å²) in [6.45, 7) is -0.753. The summed E-state index contributed by atoms with van der Waals surface area (Å²) < 4.78 is 44.2. The van der Waals surface area contributed by atoms with Crippen LogP contribution in [0.5, 0.6) is 0 Å². The largest absolute Gasteiger partial charge is 0.456 e. The first-order valence-corrected chi connectivity index (χ1v) is 7.55. The lowest BCUT2D eigenvalue weighted by molar-refractivity contribution is -0.147. The Hall–Kier alpha value is -3.16. The van der Waals surface area contributed by atoms with E-state index in [0.717, 1.165) is 30.3 Å². The summed E-state index contributed by atoms with van der Waals surface area (Å²) in [5.41, 5.74) is -0.396. The fourth-order valence-electron chi connectivity index (χ4n) is 2.01. The van der Waals surface area contributed by atoms with Crippen molar-refractivity contribution < 1.29 is 32.3 Å². The first-order valence-electron chi connectivity index (χ1n) is 7.55.